The number of rotatable bonds is 3. The minimum absolute atomic E-state index is 0.110. The van der Waals surface area contributed by atoms with E-state index in [-0.39, 0.29) is 10.8 Å². The molecule has 4 nitrogen and oxygen atoms in total. The van der Waals surface area contributed by atoms with Crippen LogP contribution in [0.2, 0.25) is 0 Å². The molecule has 0 bridgehead atoms. The summed E-state index contributed by atoms with van der Waals surface area (Å²) >= 11 is 2.15. The van der Waals surface area contributed by atoms with E-state index < -0.39 is 9.84 Å². The van der Waals surface area contributed by atoms with Crippen molar-refractivity contribution in [2.24, 2.45) is 0 Å². The van der Waals surface area contributed by atoms with E-state index in [4.69, 9.17) is 0 Å². The molecule has 0 heterocycles. The lowest BCUT2D eigenvalue weighted by atomic mass is 10.2. The summed E-state index contributed by atoms with van der Waals surface area (Å²) in [6.07, 6.45) is 1.11. The first-order valence-electron chi connectivity index (χ1n) is 5.74. The van der Waals surface area contributed by atoms with Gasteiger partial charge in [-0.15, -0.1) is 0 Å². The Bertz CT molecular complexity index is 739. The predicted molar refractivity (Wildman–Crippen MR) is 86.7 cm³/mol. The minimum atomic E-state index is -3.38. The van der Waals surface area contributed by atoms with Gasteiger partial charge in [-0.3, -0.25) is 4.79 Å². The molecule has 104 valence electrons. The molecule has 20 heavy (non-hydrogen) atoms. The summed E-state index contributed by atoms with van der Waals surface area (Å²) in [5, 5.41) is 2.63. The third-order valence-corrected chi connectivity index (χ3v) is 4.52. The normalized spacial score (nSPS) is 11.1. The van der Waals surface area contributed by atoms with Gasteiger partial charge in [0.05, 0.1) is 10.6 Å². The number of carbonyl (C=O) groups is 1. The van der Waals surface area contributed by atoms with Crippen LogP contribution >= 0.6 is 22.6 Å². The van der Waals surface area contributed by atoms with Crippen LogP contribution in [0.3, 0.4) is 0 Å². The Labute approximate surface area is 131 Å². The molecule has 0 saturated carbocycles. The van der Waals surface area contributed by atoms with Gasteiger partial charge in [0.2, 0.25) is 0 Å². The van der Waals surface area contributed by atoms with Crippen LogP contribution in [0.5, 0.6) is 0 Å². The smallest absolute Gasteiger partial charge is 0.255 e. The number of carbonyl (C=O) groups excluding carboxylic acids is 1. The summed E-state index contributed by atoms with van der Waals surface area (Å²) < 4.78 is 24.4. The molecule has 0 fully saturated rings. The molecule has 0 saturated heterocycles. The third-order valence-electron chi connectivity index (χ3n) is 2.64. The molecule has 0 unspecified atom stereocenters. The molecule has 2 rings (SSSR count). The fourth-order valence-corrected chi connectivity index (χ4v) is 2.89. The average molecular weight is 401 g/mol. The molecule has 2 aromatic rings. The highest BCUT2D eigenvalue weighted by Crippen LogP contribution is 2.21. The van der Waals surface area contributed by atoms with Gasteiger partial charge in [0, 0.05) is 15.4 Å². The van der Waals surface area contributed by atoms with Crippen LogP contribution in [0, 0.1) is 3.57 Å². The van der Waals surface area contributed by atoms with E-state index in [2.05, 4.69) is 27.9 Å². The Morgan fingerprint density at radius 2 is 1.65 bits per heavy atom. The van der Waals surface area contributed by atoms with Crippen LogP contribution in [-0.2, 0) is 9.84 Å². The Morgan fingerprint density at radius 1 is 1.05 bits per heavy atom. The van der Waals surface area contributed by atoms with Gasteiger partial charge in [0.15, 0.2) is 9.84 Å². The lowest BCUT2D eigenvalue weighted by Gasteiger charge is -2.09. The van der Waals surface area contributed by atoms with E-state index in [0.717, 1.165) is 9.83 Å². The number of nitrogens with one attached hydrogen (secondary N) is 1. The molecule has 0 aromatic heterocycles. The Hall–Kier alpha value is -1.41. The van der Waals surface area contributed by atoms with E-state index in [1.165, 1.54) is 6.07 Å². The number of para-hydroxylation sites is 1. The highest BCUT2D eigenvalue weighted by atomic mass is 127. The zero-order valence-electron chi connectivity index (χ0n) is 10.6. The van der Waals surface area contributed by atoms with Crippen molar-refractivity contribution in [3.63, 3.8) is 0 Å². The number of hydrogen-bond acceptors (Lipinski definition) is 3. The summed E-state index contributed by atoms with van der Waals surface area (Å²) in [6, 6.07) is 13.4. The van der Waals surface area contributed by atoms with Crippen LogP contribution in [0.15, 0.2) is 53.4 Å². The van der Waals surface area contributed by atoms with Crippen molar-refractivity contribution >= 4 is 44.0 Å². The van der Waals surface area contributed by atoms with Crippen molar-refractivity contribution in [1.82, 2.24) is 0 Å². The molecular weight excluding hydrogens is 389 g/mol. The lowest BCUT2D eigenvalue weighted by molar-refractivity contribution is 0.102. The van der Waals surface area contributed by atoms with Gasteiger partial charge in [-0.1, -0.05) is 12.1 Å². The van der Waals surface area contributed by atoms with Gasteiger partial charge < -0.3 is 5.32 Å². The molecule has 0 aliphatic heterocycles. The molecule has 0 spiro atoms. The second-order valence-electron chi connectivity index (χ2n) is 4.23. The van der Waals surface area contributed by atoms with Gasteiger partial charge in [-0.05, 0) is 59.0 Å². The van der Waals surface area contributed by atoms with E-state index in [9.17, 15) is 13.2 Å². The molecule has 1 amide bonds. The quantitative estimate of drug-likeness (QED) is 0.805. The zero-order valence-corrected chi connectivity index (χ0v) is 13.6. The number of anilines is 1. The maximum Gasteiger partial charge on any atom is 0.255 e. The first-order chi connectivity index (χ1) is 9.38. The molecule has 0 aliphatic rings. The maximum atomic E-state index is 12.1. The van der Waals surface area contributed by atoms with E-state index in [1.54, 1.807) is 30.3 Å². The molecule has 1 N–H and O–H groups in total. The van der Waals surface area contributed by atoms with Crippen molar-refractivity contribution < 1.29 is 13.2 Å². The molecule has 2 aromatic carbocycles. The second-order valence-corrected chi connectivity index (χ2v) is 7.46. The van der Waals surface area contributed by atoms with Gasteiger partial charge >= 0.3 is 0 Å². The first kappa shape index (κ1) is 15.0. The van der Waals surface area contributed by atoms with E-state index >= 15 is 0 Å². The van der Waals surface area contributed by atoms with Crippen molar-refractivity contribution in [2.45, 2.75) is 4.90 Å². The highest BCUT2D eigenvalue weighted by Gasteiger charge is 2.15. The molecule has 0 atom stereocenters. The SMILES string of the molecule is CS(=O)(=O)c1ccccc1NC(=O)c1ccc(I)cc1. The summed E-state index contributed by atoms with van der Waals surface area (Å²) in [5.41, 5.74) is 0.771. The largest absolute Gasteiger partial charge is 0.321 e. The van der Waals surface area contributed by atoms with Gasteiger partial charge in [0.25, 0.3) is 5.91 Å². The molecule has 0 aliphatic carbocycles. The number of sulfone groups is 1. The summed E-state index contributed by atoms with van der Waals surface area (Å²) in [5.74, 6) is -0.336. The fraction of sp³-hybridized carbons (Fsp3) is 0.0714. The zero-order chi connectivity index (χ0) is 14.8. The standard InChI is InChI=1S/C14H12INO3S/c1-20(18,19)13-5-3-2-4-12(13)16-14(17)10-6-8-11(15)9-7-10/h2-9H,1H3,(H,16,17). The summed E-state index contributed by atoms with van der Waals surface area (Å²) in [4.78, 5) is 12.2. The second kappa shape index (κ2) is 5.92. The molecule has 0 radical (unpaired) electrons. The number of halogens is 1. The first-order valence-corrected chi connectivity index (χ1v) is 8.71. The topological polar surface area (TPSA) is 63.2 Å². The highest BCUT2D eigenvalue weighted by molar-refractivity contribution is 14.1. The summed E-state index contributed by atoms with van der Waals surface area (Å²) in [7, 11) is -3.38. The van der Waals surface area contributed by atoms with Gasteiger partial charge in [0.1, 0.15) is 0 Å². The lowest BCUT2D eigenvalue weighted by Crippen LogP contribution is -2.14. The van der Waals surface area contributed by atoms with Crippen molar-refractivity contribution in [2.75, 3.05) is 11.6 Å². The number of amides is 1. The fourth-order valence-electron chi connectivity index (χ4n) is 1.69. The number of benzene rings is 2. The van der Waals surface area contributed by atoms with E-state index in [0.29, 0.717) is 11.3 Å². The van der Waals surface area contributed by atoms with Crippen molar-refractivity contribution in [3.8, 4) is 0 Å². The van der Waals surface area contributed by atoms with Crippen molar-refractivity contribution in [1.29, 1.82) is 0 Å². The Kier molecular flexibility index (Phi) is 4.44. The van der Waals surface area contributed by atoms with Crippen LogP contribution < -0.4 is 5.32 Å². The molecule has 6 heteroatoms. The van der Waals surface area contributed by atoms with Crippen LogP contribution in [0.25, 0.3) is 0 Å². The average Bonchev–Trinajstić information content (AvgIpc) is 2.38. The van der Waals surface area contributed by atoms with Crippen molar-refractivity contribution in [3.05, 3.63) is 57.7 Å². The van der Waals surface area contributed by atoms with Gasteiger partial charge in [-0.2, -0.15) is 0 Å². The Balaban J connectivity index is 2.31. The predicted octanol–water partition coefficient (Wildman–Crippen LogP) is 2.95. The summed E-state index contributed by atoms with van der Waals surface area (Å²) in [6.45, 7) is 0. The van der Waals surface area contributed by atoms with Gasteiger partial charge in [-0.25, -0.2) is 8.42 Å². The third kappa shape index (κ3) is 3.57. The van der Waals surface area contributed by atoms with Crippen LogP contribution in [0.4, 0.5) is 5.69 Å². The van der Waals surface area contributed by atoms with Crippen LogP contribution in [-0.4, -0.2) is 20.6 Å². The molecular formula is C14H12INO3S. The maximum absolute atomic E-state index is 12.1. The Morgan fingerprint density at radius 3 is 2.25 bits per heavy atom. The monoisotopic (exact) mass is 401 g/mol. The number of hydrogen-bond donors (Lipinski definition) is 1. The van der Waals surface area contributed by atoms with Crippen LogP contribution in [0.1, 0.15) is 10.4 Å². The minimum Gasteiger partial charge on any atom is -0.321 e. The van der Waals surface area contributed by atoms with E-state index in [1.807, 2.05) is 12.1 Å².